The molecule has 2 nitrogen and oxygen atoms in total. The molecule has 0 aromatic heterocycles. The summed E-state index contributed by atoms with van der Waals surface area (Å²) in [4.78, 5) is 9.72. The molecule has 0 aliphatic rings. The Kier molecular flexibility index (Phi) is 12.3. The molecular weight excluding hydrogens is 293 g/mol. The topological polar surface area (TPSA) is 37.3 Å². The average Bonchev–Trinajstić information content (AvgIpc) is 1.35. The molecule has 0 heterocycles. The number of rotatable bonds is 2. The van der Waals surface area contributed by atoms with Crippen LogP contribution in [0.2, 0.25) is 0 Å². The number of carbonyl (C=O) groups is 1. The Morgan fingerprint density at radius 3 is 2.29 bits per heavy atom. The van der Waals surface area contributed by atoms with Crippen LogP contribution in [0.15, 0.2) is 0 Å². The third kappa shape index (κ3) is 11.2. The molecule has 0 rings (SSSR count). The number of thiol groups is 1. The maximum atomic E-state index is 9.72. The zero-order chi connectivity index (χ0) is 4.99. The zero-order valence-electron chi connectivity index (χ0n) is 3.72. The van der Waals surface area contributed by atoms with E-state index in [2.05, 4.69) is 0 Å². The largest absolute Gasteiger partial charge is 0.813 e. The molecule has 1 atom stereocenters. The van der Waals surface area contributed by atoms with Crippen molar-refractivity contribution >= 4 is 58.7 Å². The molecular formula is CH6AsGaGeO2S. The van der Waals surface area contributed by atoms with Gasteiger partial charge in [0.2, 0.25) is 0 Å². The summed E-state index contributed by atoms with van der Waals surface area (Å²) in [5.41, 5.74) is 0. The van der Waals surface area contributed by atoms with Gasteiger partial charge in [0.1, 0.15) is 0 Å². The van der Waals surface area contributed by atoms with Gasteiger partial charge in [-0.3, -0.25) is 0 Å². The summed E-state index contributed by atoms with van der Waals surface area (Å²) in [5.74, 6) is 0. The summed E-state index contributed by atoms with van der Waals surface area (Å²) < 4.78 is -0.471. The second-order valence-electron chi connectivity index (χ2n) is 0.732. The van der Waals surface area contributed by atoms with E-state index in [4.69, 9.17) is 5.11 Å². The molecule has 1 unspecified atom stereocenters. The molecule has 0 aliphatic heterocycles. The predicted molar refractivity (Wildman–Crippen MR) is 39.6 cm³/mol. The van der Waals surface area contributed by atoms with Crippen LogP contribution in [0.4, 0.5) is 4.79 Å². The van der Waals surface area contributed by atoms with E-state index in [0.717, 1.165) is 0 Å². The molecule has 6 heteroatoms. The van der Waals surface area contributed by atoms with Gasteiger partial charge in [-0.2, -0.15) is 0 Å². The van der Waals surface area contributed by atoms with Crippen molar-refractivity contribution in [3.8, 4) is 0 Å². The molecule has 0 amide bonds. The molecule has 0 saturated heterocycles. The van der Waals surface area contributed by atoms with E-state index in [9.17, 15) is 4.79 Å². The Morgan fingerprint density at radius 1 is 1.86 bits per heavy atom. The molecule has 40 valence electrons. The molecule has 7 heavy (non-hydrogen) atoms. The molecule has 0 aromatic carbocycles. The van der Waals surface area contributed by atoms with Gasteiger partial charge in [-0.15, -0.1) is 0 Å². The Morgan fingerprint density at radius 2 is 2.29 bits per heavy atom. The van der Waals surface area contributed by atoms with Crippen molar-refractivity contribution in [1.82, 2.24) is 0 Å². The fourth-order valence-electron chi connectivity index (χ4n) is 0.107. The minimum absolute atomic E-state index is 0. The van der Waals surface area contributed by atoms with Crippen LogP contribution >= 0.6 is 0 Å². The summed E-state index contributed by atoms with van der Waals surface area (Å²) in [7, 11) is 0. The van der Waals surface area contributed by atoms with Crippen molar-refractivity contribution in [3.63, 3.8) is 0 Å². The summed E-state index contributed by atoms with van der Waals surface area (Å²) >= 11 is 0.630. The van der Waals surface area contributed by atoms with Crippen molar-refractivity contribution in [2.45, 2.75) is 0 Å². The summed E-state index contributed by atoms with van der Waals surface area (Å²) in [6.07, 6.45) is 0. The Labute approximate surface area is 68.0 Å². The van der Waals surface area contributed by atoms with Gasteiger partial charge < -0.3 is 13.5 Å². The standard InChI is InChI=1S/CH2AsO2.Ga.GeH2.H2S.H/c2-1(3)4;;;;/h2H,(H,3,4);;2*1H2;/q-1;2*+1;;/p-1. The quantitative estimate of drug-likeness (QED) is 0.355. The van der Waals surface area contributed by atoms with Gasteiger partial charge in [0.25, 0.3) is 0 Å². The Bertz CT molecular complexity index is 61.7. The molecule has 0 spiro atoms. The summed E-state index contributed by atoms with van der Waals surface area (Å²) in [5, 5.41) is 8.04. The third-order valence-electron chi connectivity index (χ3n) is 0.276. The van der Waals surface area contributed by atoms with E-state index >= 15 is 0 Å². The van der Waals surface area contributed by atoms with E-state index in [1.165, 1.54) is 14.1 Å². The van der Waals surface area contributed by atoms with Crippen LogP contribution in [0, 0.1) is 0 Å². The Balaban J connectivity index is 0. The van der Waals surface area contributed by atoms with Crippen LogP contribution in [-0.4, -0.2) is 50.4 Å². The third-order valence-corrected chi connectivity index (χ3v) is 21.6. The van der Waals surface area contributed by atoms with Crippen LogP contribution in [-0.2, 0) is 13.5 Å². The first-order valence-electron chi connectivity index (χ1n) is 1.53. The van der Waals surface area contributed by atoms with Crippen LogP contribution < -0.4 is 0 Å². The van der Waals surface area contributed by atoms with E-state index in [1.807, 2.05) is 0 Å². The minimum Gasteiger partial charge on any atom is -0.813 e. The first-order chi connectivity index (χ1) is 2.77. The van der Waals surface area contributed by atoms with Crippen LogP contribution in [0.5, 0.6) is 0 Å². The van der Waals surface area contributed by atoms with Crippen molar-refractivity contribution < 1.29 is 9.90 Å². The van der Waals surface area contributed by atoms with Crippen molar-refractivity contribution in [3.05, 3.63) is 0 Å². The second kappa shape index (κ2) is 7.56. The van der Waals surface area contributed by atoms with Crippen molar-refractivity contribution in [2.75, 3.05) is 0 Å². The monoisotopic (exact) mass is 300 g/mol. The molecule has 0 fully saturated rings. The smallest absolute Gasteiger partial charge is 0.813 e. The maximum Gasteiger partial charge on any atom is -0.813 e. The van der Waals surface area contributed by atoms with Crippen molar-refractivity contribution in [2.24, 2.45) is 0 Å². The Hall–Kier alpha value is 1.56. The van der Waals surface area contributed by atoms with E-state index in [1.54, 1.807) is 0 Å². The molecule has 0 radical (unpaired) electrons. The molecule has 0 saturated carbocycles. The number of hydrogen-bond donors (Lipinski definition) is 1. The normalized spacial score (nSPS) is 8.00. The molecule has 0 aliphatic carbocycles. The van der Waals surface area contributed by atoms with E-state index < -0.39 is 4.76 Å². The van der Waals surface area contributed by atoms with Gasteiger partial charge in [-0.1, -0.05) is 0 Å². The molecule has 0 aromatic rings. The maximum absolute atomic E-state index is 9.72. The van der Waals surface area contributed by atoms with Gasteiger partial charge in [0.15, 0.2) is 0 Å². The van der Waals surface area contributed by atoms with Crippen LogP contribution in [0.25, 0.3) is 0 Å². The fraction of sp³-hybridized carbons (Fsp3) is 0. The molecule has 0 bridgehead atoms. The van der Waals surface area contributed by atoms with Crippen molar-refractivity contribution in [1.29, 1.82) is 0 Å². The SMILES string of the molecule is O=C(O)[AsH][GaH][GeH2+].[SH-]. The number of hydrogen-bond acceptors (Lipinski definition) is 2. The van der Waals surface area contributed by atoms with Gasteiger partial charge >= 0.3 is 55.2 Å². The predicted octanol–water partition coefficient (Wildman–Crippen LogP) is -2.27. The van der Waals surface area contributed by atoms with Gasteiger partial charge in [0.05, 0.1) is 0 Å². The first-order valence-corrected chi connectivity index (χ1v) is 24.8. The van der Waals surface area contributed by atoms with E-state index in [0.29, 0.717) is 0 Å². The van der Waals surface area contributed by atoms with Crippen LogP contribution in [0.3, 0.4) is 0 Å². The molecule has 1 N–H and O–H groups in total. The second-order valence-corrected chi connectivity index (χ2v) is 41.0. The summed E-state index contributed by atoms with van der Waals surface area (Å²) in [6.45, 7) is 0. The summed E-state index contributed by atoms with van der Waals surface area (Å²) in [6, 6.07) is 0. The van der Waals surface area contributed by atoms with E-state index in [-0.39, 0.29) is 39.9 Å². The van der Waals surface area contributed by atoms with Gasteiger partial charge in [-0.25, -0.2) is 0 Å². The first kappa shape index (κ1) is 11.4. The zero-order valence-corrected chi connectivity index (χ0v) is 12.6. The number of carboxylic acid groups (broad SMARTS) is 1. The minimum atomic E-state index is -0.471. The average molecular weight is 299 g/mol. The fourth-order valence-corrected chi connectivity index (χ4v) is 15.0. The van der Waals surface area contributed by atoms with Gasteiger partial charge in [0, 0.05) is 0 Å². The van der Waals surface area contributed by atoms with Crippen LogP contribution in [0.1, 0.15) is 0 Å². The van der Waals surface area contributed by atoms with Gasteiger partial charge in [-0.05, 0) is 0 Å².